The Kier molecular flexibility index (Phi) is 13.8. The number of allylic oxidation sites excluding steroid dienone is 4. The van der Waals surface area contributed by atoms with Gasteiger partial charge in [0, 0.05) is 0 Å². The summed E-state index contributed by atoms with van der Waals surface area (Å²) in [6.45, 7) is 13.9. The molecule has 0 unspecified atom stereocenters. The van der Waals surface area contributed by atoms with Crippen molar-refractivity contribution < 1.29 is 57.7 Å². The monoisotopic (exact) mass is 678 g/mol. The van der Waals surface area contributed by atoms with Crippen LogP contribution in [0.25, 0.3) is 5.57 Å². The van der Waals surface area contributed by atoms with E-state index in [4.69, 9.17) is 0 Å². The van der Waals surface area contributed by atoms with E-state index in [0.29, 0.717) is 17.8 Å². The number of halogens is 3. The molecule has 0 aliphatic heterocycles. The van der Waals surface area contributed by atoms with E-state index in [2.05, 4.69) is 171 Å². The zero-order valence-electron chi connectivity index (χ0n) is 26.0. The fourth-order valence-corrected chi connectivity index (χ4v) is 12.4. The van der Waals surface area contributed by atoms with Crippen molar-refractivity contribution in [3.05, 3.63) is 141 Å². The van der Waals surface area contributed by atoms with E-state index >= 15 is 0 Å². The largest absolute Gasteiger partial charge is 1.00 e. The second kappa shape index (κ2) is 15.9. The summed E-state index contributed by atoms with van der Waals surface area (Å²) in [4.78, 5) is 0. The smallest absolute Gasteiger partial charge is 1.00 e. The van der Waals surface area contributed by atoms with Gasteiger partial charge < -0.3 is 37.2 Å². The van der Waals surface area contributed by atoms with Crippen LogP contribution in [0.5, 0.6) is 0 Å². The van der Waals surface area contributed by atoms with E-state index in [9.17, 15) is 0 Å². The Bertz CT molecular complexity index is 1450. The average molecular weight is 680 g/mol. The molecule has 0 saturated carbocycles. The molecule has 0 bridgehead atoms. The van der Waals surface area contributed by atoms with Crippen LogP contribution in [0.3, 0.4) is 0 Å². The van der Waals surface area contributed by atoms with Gasteiger partial charge in [0.15, 0.2) is 0 Å². The molecule has 0 saturated heterocycles. The van der Waals surface area contributed by atoms with Gasteiger partial charge in [-0.15, -0.1) is 0 Å². The summed E-state index contributed by atoms with van der Waals surface area (Å²) in [5.74, 6) is 1.42. The van der Waals surface area contributed by atoms with Crippen LogP contribution in [0.15, 0.2) is 118 Å². The Hall–Kier alpha value is -1.84. The van der Waals surface area contributed by atoms with Gasteiger partial charge in [-0.1, -0.05) is 0 Å². The van der Waals surface area contributed by atoms with E-state index in [1.54, 1.807) is 5.20 Å². The minimum Gasteiger partial charge on any atom is -1.00 e. The van der Waals surface area contributed by atoms with Crippen LogP contribution in [-0.2, 0) is 20.4 Å². The summed E-state index contributed by atoms with van der Waals surface area (Å²) in [5, 5.41) is 6.09. The van der Waals surface area contributed by atoms with E-state index in [-0.39, 0.29) is 37.2 Å². The maximum absolute atomic E-state index is 2.68. The van der Waals surface area contributed by atoms with Crippen LogP contribution < -0.4 is 52.8 Å². The van der Waals surface area contributed by atoms with Crippen LogP contribution in [0.4, 0.5) is 0 Å². The maximum Gasteiger partial charge on any atom is -1.00 e. The molecule has 1 aliphatic rings. The van der Waals surface area contributed by atoms with Gasteiger partial charge in [-0.05, 0) is 0 Å². The molecule has 5 heteroatoms. The number of rotatable bonds is 8. The summed E-state index contributed by atoms with van der Waals surface area (Å²) in [5.41, 5.74) is 7.03. The fourth-order valence-electron chi connectivity index (χ4n) is 6.26. The van der Waals surface area contributed by atoms with Crippen molar-refractivity contribution in [2.24, 2.45) is 0 Å². The molecule has 5 rings (SSSR count). The quantitative estimate of drug-likeness (QED) is 0.172. The SMILES string of the molecule is CC(C)c1cccc([Si](C2=C(c3ccccc3)[C]([Ti+3])=CC2)(c2cccc(C(C)C)c2)c2cccc(C(C)C)c2)c1.[Cl-].[Cl-].[Cl-]. The topological polar surface area (TPSA) is 0 Å². The van der Waals surface area contributed by atoms with E-state index < -0.39 is 8.07 Å². The average Bonchev–Trinajstić information content (AvgIpc) is 3.35. The maximum atomic E-state index is 2.55. The molecule has 1 aliphatic carbocycles. The number of benzene rings is 4. The first-order valence-corrected chi connectivity index (χ1v) is 17.5. The van der Waals surface area contributed by atoms with Gasteiger partial charge in [-0.3, -0.25) is 0 Å². The molecule has 0 spiro atoms. The molecule has 4 aromatic rings. The molecule has 0 amide bonds. The molecule has 43 heavy (non-hydrogen) atoms. The van der Waals surface area contributed by atoms with Gasteiger partial charge in [0.05, 0.1) is 0 Å². The standard InChI is InChI=1S/C38H41Si.3ClH.Ti/c1-27(2)31-16-10-19-34(24-31)39(35-20-11-17-32(25-35)28(3)4,36-21-12-18-33(26-36)29(5)6)38-23-13-22-37(38)30-14-8-7-9-15-30;;;;/h7-21,24-29H,23H2,1-6H3;3*1H;/q;;;;+3/p-3. The predicted octanol–water partition coefficient (Wildman–Crippen LogP) is -0.634. The Morgan fingerprint density at radius 1 is 0.535 bits per heavy atom. The number of hydrogen-bond acceptors (Lipinski definition) is 0. The van der Waals surface area contributed by atoms with Crippen molar-refractivity contribution in [1.29, 1.82) is 0 Å². The summed E-state index contributed by atoms with van der Waals surface area (Å²) in [7, 11) is -2.68. The molecule has 0 nitrogen and oxygen atoms in total. The Balaban J connectivity index is 0.00000215. The summed E-state index contributed by atoms with van der Waals surface area (Å²) < 4.78 is 1.40. The summed E-state index contributed by atoms with van der Waals surface area (Å²) in [6, 6.07) is 39.9. The molecule has 0 aromatic heterocycles. The van der Waals surface area contributed by atoms with E-state index in [1.165, 1.54) is 47.3 Å². The predicted molar refractivity (Wildman–Crippen MR) is 172 cm³/mol. The van der Waals surface area contributed by atoms with Gasteiger partial charge in [-0.2, -0.15) is 0 Å². The molecular weight excluding hydrogens is 639 g/mol. The Labute approximate surface area is 291 Å². The van der Waals surface area contributed by atoms with Gasteiger partial charge >= 0.3 is 256 Å². The van der Waals surface area contributed by atoms with Crippen molar-refractivity contribution in [1.82, 2.24) is 0 Å². The van der Waals surface area contributed by atoms with Crippen molar-refractivity contribution >= 4 is 29.2 Å². The normalized spacial score (nSPS) is 13.0. The summed E-state index contributed by atoms with van der Waals surface area (Å²) in [6.07, 6.45) is 3.47. The van der Waals surface area contributed by atoms with Crippen LogP contribution in [0.2, 0.25) is 0 Å². The first-order valence-electron chi connectivity index (χ1n) is 14.8. The Morgan fingerprint density at radius 3 is 1.30 bits per heavy atom. The molecule has 0 atom stereocenters. The van der Waals surface area contributed by atoms with E-state index in [0.717, 1.165) is 6.42 Å². The third-order valence-electron chi connectivity index (χ3n) is 8.56. The molecule has 0 heterocycles. The van der Waals surface area contributed by atoms with Gasteiger partial charge in [0.25, 0.3) is 0 Å². The van der Waals surface area contributed by atoms with Crippen LogP contribution in [-0.4, -0.2) is 8.07 Å². The minimum absolute atomic E-state index is 0. The minimum atomic E-state index is -2.68. The van der Waals surface area contributed by atoms with E-state index in [1.807, 2.05) is 0 Å². The molecular formula is C38H41Cl3SiTi. The Morgan fingerprint density at radius 2 is 0.930 bits per heavy atom. The zero-order chi connectivity index (χ0) is 28.4. The first-order chi connectivity index (χ1) is 19.2. The first kappa shape index (κ1) is 37.3. The third-order valence-corrected chi connectivity index (χ3v) is 14.2. The van der Waals surface area contributed by atoms with Crippen molar-refractivity contribution in [2.45, 2.75) is 65.7 Å². The van der Waals surface area contributed by atoms with Crippen LogP contribution in [0, 0.1) is 0 Å². The molecule has 0 N–H and O–H groups in total. The van der Waals surface area contributed by atoms with Crippen molar-refractivity contribution in [2.75, 3.05) is 0 Å². The second-order valence-corrected chi connectivity index (χ2v) is 16.8. The third kappa shape index (κ3) is 7.36. The van der Waals surface area contributed by atoms with Gasteiger partial charge in [0.2, 0.25) is 0 Å². The van der Waals surface area contributed by atoms with Gasteiger partial charge in [-0.25, -0.2) is 0 Å². The molecule has 4 aromatic carbocycles. The molecule has 0 fully saturated rings. The second-order valence-electron chi connectivity index (χ2n) is 12.1. The fraction of sp³-hybridized carbons (Fsp3) is 0.263. The van der Waals surface area contributed by atoms with Crippen LogP contribution in [0.1, 0.15) is 88.0 Å². The summed E-state index contributed by atoms with van der Waals surface area (Å²) >= 11 is 2.31. The van der Waals surface area contributed by atoms with Gasteiger partial charge in [0.1, 0.15) is 0 Å². The molecule has 0 radical (unpaired) electrons. The van der Waals surface area contributed by atoms with Crippen molar-refractivity contribution in [3.63, 3.8) is 0 Å². The number of hydrogen-bond donors (Lipinski definition) is 0. The van der Waals surface area contributed by atoms with Crippen molar-refractivity contribution in [3.8, 4) is 0 Å². The van der Waals surface area contributed by atoms with Crippen LogP contribution >= 0.6 is 0 Å². The zero-order valence-corrected chi connectivity index (χ0v) is 30.8. The molecule has 222 valence electrons.